The second-order valence-electron chi connectivity index (χ2n) is 1.58. The Morgan fingerprint density at radius 3 is 1.56 bits per heavy atom. The Kier molecular flexibility index (Phi) is 3.35. The van der Waals surface area contributed by atoms with E-state index in [-0.39, 0.29) is 0 Å². The molecule has 0 fully saturated rings. The van der Waals surface area contributed by atoms with E-state index in [0.717, 1.165) is 11.6 Å². The van der Waals surface area contributed by atoms with Gasteiger partial charge in [0.2, 0.25) is 0 Å². The number of rotatable bonds is 4. The molecular weight excluding hydrogens is 114 g/mol. The van der Waals surface area contributed by atoms with Gasteiger partial charge in [0.1, 0.15) is 0 Å². The van der Waals surface area contributed by atoms with E-state index in [0.29, 0.717) is 0 Å². The first-order chi connectivity index (χ1) is 4.20. The lowest BCUT2D eigenvalue weighted by molar-refractivity contribution is 0.777. The van der Waals surface area contributed by atoms with Crippen LogP contribution in [0, 0.1) is 0 Å². The molecule has 3 heteroatoms. The maximum absolute atomic E-state index is 3.64. The number of nitrogens with one attached hydrogen (secondary N) is 3. The van der Waals surface area contributed by atoms with E-state index in [2.05, 4.69) is 29.1 Å². The van der Waals surface area contributed by atoms with Crippen molar-refractivity contribution in [3.63, 3.8) is 0 Å². The largest absolute Gasteiger partial charge is 0.375 e. The summed E-state index contributed by atoms with van der Waals surface area (Å²) in [5.41, 5.74) is 0. The summed E-state index contributed by atoms with van der Waals surface area (Å²) < 4.78 is 0. The van der Waals surface area contributed by atoms with Crippen LogP contribution >= 0.6 is 0 Å². The lowest BCUT2D eigenvalue weighted by Gasteiger charge is -2.09. The minimum Gasteiger partial charge on any atom is -0.375 e. The molecule has 0 heterocycles. The molecule has 0 aromatic heterocycles. The molecule has 0 radical (unpaired) electrons. The van der Waals surface area contributed by atoms with Crippen molar-refractivity contribution in [2.45, 2.75) is 0 Å². The van der Waals surface area contributed by atoms with Gasteiger partial charge in [0.15, 0.2) is 0 Å². The normalized spacial score (nSPS) is 7.78. The molecule has 0 atom stereocenters. The quantitative estimate of drug-likeness (QED) is 0.496. The van der Waals surface area contributed by atoms with Gasteiger partial charge in [-0.1, -0.05) is 13.2 Å². The molecule has 0 aliphatic rings. The first kappa shape index (κ1) is 7.88. The third-order valence-electron chi connectivity index (χ3n) is 0.905. The highest BCUT2D eigenvalue weighted by atomic mass is 15.1. The zero-order chi connectivity index (χ0) is 7.28. The maximum atomic E-state index is 3.64. The first-order valence-electron chi connectivity index (χ1n) is 2.71. The monoisotopic (exact) mass is 127 g/mol. The fourth-order valence-corrected chi connectivity index (χ4v) is 0.307. The Labute approximate surface area is 55.8 Å². The Morgan fingerprint density at radius 1 is 1.00 bits per heavy atom. The zero-order valence-corrected chi connectivity index (χ0v) is 5.91. The van der Waals surface area contributed by atoms with Crippen LogP contribution in [0.1, 0.15) is 0 Å². The SMILES string of the molecule is C=C(NC)NC(=C)NC. The molecular formula is C6H13N3. The molecule has 0 rings (SSSR count). The van der Waals surface area contributed by atoms with Crippen LogP contribution in [0.2, 0.25) is 0 Å². The van der Waals surface area contributed by atoms with Gasteiger partial charge in [0, 0.05) is 14.1 Å². The van der Waals surface area contributed by atoms with Crippen LogP contribution in [0.3, 0.4) is 0 Å². The molecule has 0 unspecified atom stereocenters. The molecule has 0 aromatic carbocycles. The van der Waals surface area contributed by atoms with E-state index in [1.54, 1.807) is 14.1 Å². The lowest BCUT2D eigenvalue weighted by atomic mass is 10.7. The van der Waals surface area contributed by atoms with Crippen LogP contribution in [0.4, 0.5) is 0 Å². The second-order valence-corrected chi connectivity index (χ2v) is 1.58. The number of hydrogen-bond acceptors (Lipinski definition) is 3. The van der Waals surface area contributed by atoms with Gasteiger partial charge in [0.25, 0.3) is 0 Å². The van der Waals surface area contributed by atoms with E-state index >= 15 is 0 Å². The highest BCUT2D eigenvalue weighted by Gasteiger charge is 1.86. The molecule has 52 valence electrons. The van der Waals surface area contributed by atoms with Crippen LogP contribution in [-0.2, 0) is 0 Å². The molecule has 0 spiro atoms. The second kappa shape index (κ2) is 3.83. The highest BCUT2D eigenvalue weighted by Crippen LogP contribution is 1.78. The van der Waals surface area contributed by atoms with Gasteiger partial charge in [0.05, 0.1) is 11.6 Å². The number of hydrogen-bond donors (Lipinski definition) is 3. The van der Waals surface area contributed by atoms with Crippen molar-refractivity contribution in [2.24, 2.45) is 0 Å². The van der Waals surface area contributed by atoms with Crippen molar-refractivity contribution in [3.8, 4) is 0 Å². The van der Waals surface area contributed by atoms with Gasteiger partial charge in [-0.3, -0.25) is 0 Å². The average molecular weight is 127 g/mol. The molecule has 0 saturated carbocycles. The van der Waals surface area contributed by atoms with E-state index in [9.17, 15) is 0 Å². The standard InChI is InChI=1S/C6H13N3/c1-5(7-3)9-6(2)8-4/h7-9H,1-2H2,3-4H3. The zero-order valence-electron chi connectivity index (χ0n) is 5.91. The van der Waals surface area contributed by atoms with Crippen molar-refractivity contribution in [1.82, 2.24) is 16.0 Å². The van der Waals surface area contributed by atoms with E-state index in [1.165, 1.54) is 0 Å². The molecule has 0 bridgehead atoms. The van der Waals surface area contributed by atoms with Gasteiger partial charge in [-0.05, 0) is 0 Å². The van der Waals surface area contributed by atoms with E-state index < -0.39 is 0 Å². The summed E-state index contributed by atoms with van der Waals surface area (Å²) >= 11 is 0. The molecule has 0 amide bonds. The Bertz CT molecular complexity index is 103. The third kappa shape index (κ3) is 3.46. The summed E-state index contributed by atoms with van der Waals surface area (Å²) in [6, 6.07) is 0. The predicted octanol–water partition coefficient (Wildman–Crippen LogP) is -0.0428. The summed E-state index contributed by atoms with van der Waals surface area (Å²) in [5, 5.41) is 8.52. The van der Waals surface area contributed by atoms with Gasteiger partial charge in [-0.15, -0.1) is 0 Å². The van der Waals surface area contributed by atoms with Crippen LogP contribution in [0.15, 0.2) is 24.8 Å². The predicted molar refractivity (Wildman–Crippen MR) is 39.5 cm³/mol. The van der Waals surface area contributed by atoms with Crippen molar-refractivity contribution >= 4 is 0 Å². The van der Waals surface area contributed by atoms with Crippen LogP contribution in [0.25, 0.3) is 0 Å². The Hall–Kier alpha value is -1.12. The van der Waals surface area contributed by atoms with Crippen molar-refractivity contribution in [2.75, 3.05) is 14.1 Å². The summed E-state index contributed by atoms with van der Waals surface area (Å²) in [7, 11) is 3.58. The lowest BCUT2D eigenvalue weighted by Crippen LogP contribution is -2.27. The molecule has 9 heavy (non-hydrogen) atoms. The summed E-state index contributed by atoms with van der Waals surface area (Å²) in [4.78, 5) is 0. The molecule has 0 saturated heterocycles. The van der Waals surface area contributed by atoms with Crippen molar-refractivity contribution in [1.29, 1.82) is 0 Å². The fourth-order valence-electron chi connectivity index (χ4n) is 0.307. The van der Waals surface area contributed by atoms with Crippen molar-refractivity contribution in [3.05, 3.63) is 24.8 Å². The van der Waals surface area contributed by atoms with Crippen LogP contribution < -0.4 is 16.0 Å². The van der Waals surface area contributed by atoms with E-state index in [1.807, 2.05) is 0 Å². The minimum absolute atomic E-state index is 0.731. The summed E-state index contributed by atoms with van der Waals surface area (Å²) in [6.07, 6.45) is 0. The van der Waals surface area contributed by atoms with Gasteiger partial charge in [-0.2, -0.15) is 0 Å². The molecule has 0 aromatic rings. The average Bonchev–Trinajstić information content (AvgIpc) is 1.87. The Balaban J connectivity index is 3.47. The molecule has 3 nitrogen and oxygen atoms in total. The smallest absolute Gasteiger partial charge is 0.0965 e. The Morgan fingerprint density at radius 2 is 1.33 bits per heavy atom. The van der Waals surface area contributed by atoms with Crippen LogP contribution in [-0.4, -0.2) is 14.1 Å². The minimum atomic E-state index is 0.731. The van der Waals surface area contributed by atoms with Gasteiger partial charge >= 0.3 is 0 Å². The first-order valence-corrected chi connectivity index (χ1v) is 2.71. The molecule has 0 aliphatic heterocycles. The third-order valence-corrected chi connectivity index (χ3v) is 0.905. The van der Waals surface area contributed by atoms with Gasteiger partial charge in [-0.25, -0.2) is 0 Å². The topological polar surface area (TPSA) is 36.1 Å². The fraction of sp³-hybridized carbons (Fsp3) is 0.333. The summed E-state index contributed by atoms with van der Waals surface area (Å²) in [6.45, 7) is 7.28. The highest BCUT2D eigenvalue weighted by molar-refractivity contribution is 4.99. The molecule has 3 N–H and O–H groups in total. The van der Waals surface area contributed by atoms with Gasteiger partial charge < -0.3 is 16.0 Å². The molecule has 0 aliphatic carbocycles. The maximum Gasteiger partial charge on any atom is 0.0965 e. The van der Waals surface area contributed by atoms with E-state index in [4.69, 9.17) is 0 Å². The van der Waals surface area contributed by atoms with Crippen molar-refractivity contribution < 1.29 is 0 Å². The summed E-state index contributed by atoms with van der Waals surface area (Å²) in [5.74, 6) is 1.46. The van der Waals surface area contributed by atoms with Crippen LogP contribution in [0.5, 0.6) is 0 Å².